The van der Waals surface area contributed by atoms with Crippen molar-refractivity contribution in [3.05, 3.63) is 16.1 Å². The van der Waals surface area contributed by atoms with Crippen molar-refractivity contribution in [2.75, 3.05) is 26.7 Å². The van der Waals surface area contributed by atoms with Crippen LogP contribution in [0.4, 0.5) is 0 Å². The van der Waals surface area contributed by atoms with Gasteiger partial charge in [0, 0.05) is 49.7 Å². The summed E-state index contributed by atoms with van der Waals surface area (Å²) in [5, 5.41) is 7.00. The fraction of sp³-hybridized carbons (Fsp3) is 0.800. The second kappa shape index (κ2) is 5.72. The molecule has 1 aliphatic carbocycles. The molecule has 0 atom stereocenters. The Morgan fingerprint density at radius 3 is 2.90 bits per heavy atom. The Morgan fingerprint density at radius 1 is 1.40 bits per heavy atom. The molecule has 1 saturated heterocycles. The molecular formula is C15H26N4S. The monoisotopic (exact) mass is 294 g/mol. The number of likely N-dealkylation sites (N-methyl/N-ethyl adjacent to an activating group) is 1. The first-order valence-corrected chi connectivity index (χ1v) is 8.51. The molecule has 1 aromatic rings. The maximum Gasteiger partial charge on any atom is 0.107 e. The molecule has 1 saturated carbocycles. The SMILES string of the molecule is CN1CCN(Cc2csc(CNC3CC3)n2)CC1(C)C. The van der Waals surface area contributed by atoms with Gasteiger partial charge in [0.25, 0.3) is 0 Å². The quantitative estimate of drug-likeness (QED) is 0.899. The van der Waals surface area contributed by atoms with E-state index in [1.807, 2.05) is 0 Å². The Balaban J connectivity index is 1.52. The summed E-state index contributed by atoms with van der Waals surface area (Å²) in [6.45, 7) is 10.0. The Hall–Kier alpha value is -0.490. The van der Waals surface area contributed by atoms with E-state index in [1.165, 1.54) is 23.5 Å². The lowest BCUT2D eigenvalue weighted by Crippen LogP contribution is -2.57. The molecule has 1 aliphatic heterocycles. The molecule has 0 aromatic carbocycles. The average molecular weight is 294 g/mol. The minimum Gasteiger partial charge on any atom is -0.308 e. The summed E-state index contributed by atoms with van der Waals surface area (Å²) in [6.07, 6.45) is 2.68. The first-order valence-electron chi connectivity index (χ1n) is 7.63. The summed E-state index contributed by atoms with van der Waals surface area (Å²) in [7, 11) is 2.22. The van der Waals surface area contributed by atoms with Crippen molar-refractivity contribution in [2.45, 2.75) is 51.4 Å². The first kappa shape index (κ1) is 14.4. The molecule has 2 aliphatic rings. The topological polar surface area (TPSA) is 31.4 Å². The highest BCUT2D eigenvalue weighted by molar-refractivity contribution is 7.09. The Morgan fingerprint density at radius 2 is 2.20 bits per heavy atom. The van der Waals surface area contributed by atoms with Gasteiger partial charge >= 0.3 is 0 Å². The first-order chi connectivity index (χ1) is 9.53. The van der Waals surface area contributed by atoms with Crippen LogP contribution in [0.15, 0.2) is 5.38 Å². The molecule has 1 aromatic heterocycles. The van der Waals surface area contributed by atoms with Crippen LogP contribution in [0, 0.1) is 0 Å². The zero-order valence-electron chi connectivity index (χ0n) is 12.9. The lowest BCUT2D eigenvalue weighted by atomic mass is 10.00. The molecule has 112 valence electrons. The minimum absolute atomic E-state index is 0.268. The Labute approximate surface area is 126 Å². The molecule has 2 heterocycles. The van der Waals surface area contributed by atoms with Gasteiger partial charge in [-0.05, 0) is 33.7 Å². The van der Waals surface area contributed by atoms with E-state index in [4.69, 9.17) is 4.98 Å². The average Bonchev–Trinajstić information content (AvgIpc) is 3.12. The minimum atomic E-state index is 0.268. The molecule has 20 heavy (non-hydrogen) atoms. The molecule has 3 rings (SSSR count). The molecule has 0 amide bonds. The van der Waals surface area contributed by atoms with Crippen molar-refractivity contribution in [2.24, 2.45) is 0 Å². The van der Waals surface area contributed by atoms with E-state index in [0.717, 1.165) is 38.8 Å². The van der Waals surface area contributed by atoms with Crippen molar-refractivity contribution < 1.29 is 0 Å². The van der Waals surface area contributed by atoms with Gasteiger partial charge in [-0.2, -0.15) is 0 Å². The van der Waals surface area contributed by atoms with Crippen molar-refractivity contribution in [3.8, 4) is 0 Å². The van der Waals surface area contributed by atoms with Crippen molar-refractivity contribution in [3.63, 3.8) is 0 Å². The summed E-state index contributed by atoms with van der Waals surface area (Å²) >= 11 is 1.80. The van der Waals surface area contributed by atoms with Crippen LogP contribution in [0.25, 0.3) is 0 Å². The molecule has 2 fully saturated rings. The standard InChI is InChI=1S/C15H26N4S/c1-15(2)11-19(7-6-18(15)3)9-13-10-20-14(17-13)8-16-12-4-5-12/h10,12,16H,4-9,11H2,1-3H3. The van der Waals surface area contributed by atoms with Crippen molar-refractivity contribution in [1.82, 2.24) is 20.1 Å². The summed E-state index contributed by atoms with van der Waals surface area (Å²) in [4.78, 5) is 9.76. The van der Waals surface area contributed by atoms with Crippen LogP contribution in [0.1, 0.15) is 37.4 Å². The highest BCUT2D eigenvalue weighted by Crippen LogP contribution is 2.22. The summed E-state index contributed by atoms with van der Waals surface area (Å²) in [6, 6.07) is 0.765. The molecule has 0 unspecified atom stereocenters. The second-order valence-electron chi connectivity index (χ2n) is 6.83. The number of aromatic nitrogens is 1. The van der Waals surface area contributed by atoms with E-state index < -0.39 is 0 Å². The zero-order valence-corrected chi connectivity index (χ0v) is 13.7. The number of hydrogen-bond donors (Lipinski definition) is 1. The van der Waals surface area contributed by atoms with Gasteiger partial charge < -0.3 is 5.32 Å². The molecule has 1 N–H and O–H groups in total. The molecule has 0 bridgehead atoms. The number of hydrogen-bond acceptors (Lipinski definition) is 5. The lowest BCUT2D eigenvalue weighted by Gasteiger charge is -2.45. The summed E-state index contributed by atoms with van der Waals surface area (Å²) in [5.41, 5.74) is 1.51. The second-order valence-corrected chi connectivity index (χ2v) is 7.78. The van der Waals surface area contributed by atoms with Gasteiger partial charge in [-0.15, -0.1) is 11.3 Å². The fourth-order valence-electron chi connectivity index (χ4n) is 2.73. The van der Waals surface area contributed by atoms with Crippen LogP contribution in [-0.4, -0.2) is 53.0 Å². The summed E-state index contributed by atoms with van der Waals surface area (Å²) in [5.74, 6) is 0. The number of nitrogens with zero attached hydrogens (tertiary/aromatic N) is 3. The third kappa shape index (κ3) is 3.58. The molecular weight excluding hydrogens is 268 g/mol. The molecule has 0 radical (unpaired) electrons. The van der Waals surface area contributed by atoms with E-state index >= 15 is 0 Å². The number of thiazole rings is 1. The van der Waals surface area contributed by atoms with Crippen LogP contribution in [0.5, 0.6) is 0 Å². The van der Waals surface area contributed by atoms with Gasteiger partial charge in [0.1, 0.15) is 5.01 Å². The smallest absolute Gasteiger partial charge is 0.107 e. The molecule has 5 heteroatoms. The van der Waals surface area contributed by atoms with Crippen LogP contribution in [0.2, 0.25) is 0 Å². The van der Waals surface area contributed by atoms with E-state index in [2.05, 4.69) is 41.4 Å². The van der Waals surface area contributed by atoms with E-state index in [1.54, 1.807) is 11.3 Å². The summed E-state index contributed by atoms with van der Waals surface area (Å²) < 4.78 is 0. The lowest BCUT2D eigenvalue weighted by molar-refractivity contribution is 0.0355. The third-order valence-corrected chi connectivity index (χ3v) is 5.40. The van der Waals surface area contributed by atoms with Gasteiger partial charge in [-0.25, -0.2) is 4.98 Å². The van der Waals surface area contributed by atoms with Gasteiger partial charge in [0.05, 0.1) is 5.69 Å². The van der Waals surface area contributed by atoms with Crippen LogP contribution in [-0.2, 0) is 13.1 Å². The van der Waals surface area contributed by atoms with Gasteiger partial charge in [-0.3, -0.25) is 9.80 Å². The van der Waals surface area contributed by atoms with Crippen molar-refractivity contribution in [1.29, 1.82) is 0 Å². The van der Waals surface area contributed by atoms with Gasteiger partial charge in [0.15, 0.2) is 0 Å². The third-order valence-electron chi connectivity index (χ3n) is 4.50. The Kier molecular flexibility index (Phi) is 4.13. The van der Waals surface area contributed by atoms with Crippen LogP contribution in [0.3, 0.4) is 0 Å². The zero-order chi connectivity index (χ0) is 14.2. The van der Waals surface area contributed by atoms with Crippen molar-refractivity contribution >= 4 is 11.3 Å². The molecule has 0 spiro atoms. The maximum atomic E-state index is 4.77. The van der Waals surface area contributed by atoms with E-state index in [9.17, 15) is 0 Å². The highest BCUT2D eigenvalue weighted by atomic mass is 32.1. The van der Waals surface area contributed by atoms with E-state index in [0.29, 0.717) is 0 Å². The predicted molar refractivity (Wildman–Crippen MR) is 84.0 cm³/mol. The molecule has 4 nitrogen and oxygen atoms in total. The number of piperazine rings is 1. The van der Waals surface area contributed by atoms with Crippen LogP contribution >= 0.6 is 11.3 Å². The largest absolute Gasteiger partial charge is 0.308 e. The van der Waals surface area contributed by atoms with Crippen LogP contribution < -0.4 is 5.32 Å². The maximum absolute atomic E-state index is 4.77. The van der Waals surface area contributed by atoms with Gasteiger partial charge in [-0.1, -0.05) is 0 Å². The number of nitrogens with one attached hydrogen (secondary N) is 1. The number of rotatable bonds is 5. The normalized spacial score (nSPS) is 24.1. The fourth-order valence-corrected chi connectivity index (χ4v) is 3.46. The Bertz CT molecular complexity index is 452. The van der Waals surface area contributed by atoms with E-state index in [-0.39, 0.29) is 5.54 Å². The highest BCUT2D eigenvalue weighted by Gasteiger charge is 2.31. The predicted octanol–water partition coefficient (Wildman–Crippen LogP) is 1.92. The van der Waals surface area contributed by atoms with Gasteiger partial charge in [0.2, 0.25) is 0 Å².